The minimum absolute atomic E-state index is 0.0609. The summed E-state index contributed by atoms with van der Waals surface area (Å²) in [6.07, 6.45) is 2.51. The molecule has 4 N–H and O–H groups in total. The van der Waals surface area contributed by atoms with Gasteiger partial charge in [-0.25, -0.2) is 8.42 Å². The number of hydrogen-bond donors (Lipinski definition) is 3. The summed E-state index contributed by atoms with van der Waals surface area (Å²) in [6.45, 7) is 6.15. The molecule has 2 fully saturated rings. The van der Waals surface area contributed by atoms with Crippen LogP contribution in [0.4, 0.5) is 0 Å². The highest BCUT2D eigenvalue weighted by Crippen LogP contribution is 2.28. The Balaban J connectivity index is 1.68. The van der Waals surface area contributed by atoms with Crippen molar-refractivity contribution in [2.45, 2.75) is 69.9 Å². The van der Waals surface area contributed by atoms with Crippen LogP contribution in [0, 0.1) is 18.8 Å². The molecule has 2 aliphatic rings. The van der Waals surface area contributed by atoms with Crippen LogP contribution in [-0.2, 0) is 29.2 Å². The van der Waals surface area contributed by atoms with Gasteiger partial charge in [0.15, 0.2) is 0 Å². The number of hydrogen-bond acceptors (Lipinski definition) is 6. The number of amides is 4. The molecule has 0 aliphatic carbocycles. The van der Waals surface area contributed by atoms with Gasteiger partial charge in [-0.05, 0) is 57.1 Å². The zero-order valence-corrected chi connectivity index (χ0v) is 23.1. The molecule has 210 valence electrons. The Morgan fingerprint density at radius 3 is 2.34 bits per heavy atom. The minimum atomic E-state index is -3.74. The Morgan fingerprint density at radius 1 is 1.05 bits per heavy atom. The molecule has 1 aromatic rings. The van der Waals surface area contributed by atoms with Gasteiger partial charge in [0.1, 0.15) is 12.1 Å². The molecule has 2 saturated heterocycles. The number of nitrogens with zero attached hydrogens (tertiary/aromatic N) is 2. The molecule has 3 rings (SSSR count). The van der Waals surface area contributed by atoms with Gasteiger partial charge in [-0.3, -0.25) is 19.2 Å². The maximum absolute atomic E-state index is 13.5. The molecular weight excluding hydrogens is 510 g/mol. The van der Waals surface area contributed by atoms with Crippen LogP contribution in [0.3, 0.4) is 0 Å². The second-order valence-electron chi connectivity index (χ2n) is 10.6. The summed E-state index contributed by atoms with van der Waals surface area (Å²) in [5, 5.41) is 5.19. The van der Waals surface area contributed by atoms with Crippen molar-refractivity contribution in [2.24, 2.45) is 17.6 Å². The maximum atomic E-state index is 13.5. The number of carbonyl (C=O) groups excluding carboxylic acids is 4. The second-order valence-corrected chi connectivity index (χ2v) is 12.5. The molecule has 38 heavy (non-hydrogen) atoms. The summed E-state index contributed by atoms with van der Waals surface area (Å²) in [7, 11) is -3.74. The van der Waals surface area contributed by atoms with E-state index in [1.54, 1.807) is 24.3 Å². The highest BCUT2D eigenvalue weighted by molar-refractivity contribution is 7.89. The van der Waals surface area contributed by atoms with Crippen molar-refractivity contribution in [3.8, 4) is 0 Å². The number of nitrogens with two attached hydrogens (primary N) is 1. The molecule has 11 nitrogen and oxygen atoms in total. The zero-order chi connectivity index (χ0) is 28.0. The van der Waals surface area contributed by atoms with E-state index in [4.69, 9.17) is 5.73 Å². The smallest absolute Gasteiger partial charge is 0.243 e. The van der Waals surface area contributed by atoms with Crippen LogP contribution in [0.25, 0.3) is 0 Å². The quantitative estimate of drug-likeness (QED) is 0.386. The predicted octanol–water partition coefficient (Wildman–Crippen LogP) is 0.519. The average Bonchev–Trinajstić information content (AvgIpc) is 3.36. The molecular formula is C26H39N5O6S. The van der Waals surface area contributed by atoms with Crippen LogP contribution in [0.15, 0.2) is 29.2 Å². The molecule has 2 heterocycles. The third kappa shape index (κ3) is 7.31. The van der Waals surface area contributed by atoms with E-state index in [2.05, 4.69) is 10.6 Å². The van der Waals surface area contributed by atoms with Crippen LogP contribution in [0.2, 0.25) is 0 Å². The molecule has 0 saturated carbocycles. The molecule has 0 bridgehead atoms. The van der Waals surface area contributed by atoms with E-state index in [9.17, 15) is 27.6 Å². The van der Waals surface area contributed by atoms with Crippen molar-refractivity contribution in [1.29, 1.82) is 0 Å². The summed E-state index contributed by atoms with van der Waals surface area (Å²) in [6, 6.07) is 5.02. The van der Waals surface area contributed by atoms with Gasteiger partial charge >= 0.3 is 0 Å². The van der Waals surface area contributed by atoms with Gasteiger partial charge in [-0.1, -0.05) is 31.5 Å². The number of primary amides is 1. The van der Waals surface area contributed by atoms with Crippen LogP contribution in [0.5, 0.6) is 0 Å². The van der Waals surface area contributed by atoms with Crippen molar-refractivity contribution < 1.29 is 27.6 Å². The number of carbonyl (C=O) groups is 4. The maximum Gasteiger partial charge on any atom is 0.243 e. The molecule has 12 heteroatoms. The average molecular weight is 550 g/mol. The first-order chi connectivity index (χ1) is 17.9. The van der Waals surface area contributed by atoms with Crippen LogP contribution in [0.1, 0.15) is 51.5 Å². The summed E-state index contributed by atoms with van der Waals surface area (Å²) in [4.78, 5) is 52.1. The Kier molecular flexibility index (Phi) is 9.88. The number of aryl methyl sites for hydroxylation is 1. The Morgan fingerprint density at radius 2 is 1.71 bits per heavy atom. The lowest BCUT2D eigenvalue weighted by Crippen LogP contribution is -2.55. The summed E-state index contributed by atoms with van der Waals surface area (Å²) in [5.74, 6) is -2.34. The van der Waals surface area contributed by atoms with Crippen LogP contribution >= 0.6 is 0 Å². The van der Waals surface area contributed by atoms with Gasteiger partial charge in [0, 0.05) is 19.6 Å². The predicted molar refractivity (Wildman–Crippen MR) is 141 cm³/mol. The van der Waals surface area contributed by atoms with Crippen LogP contribution in [-0.4, -0.2) is 79.5 Å². The number of benzene rings is 1. The number of nitrogens with one attached hydrogen (secondary N) is 2. The lowest BCUT2D eigenvalue weighted by atomic mass is 9.97. The van der Waals surface area contributed by atoms with E-state index < -0.39 is 45.7 Å². The van der Waals surface area contributed by atoms with Gasteiger partial charge in [0.2, 0.25) is 33.7 Å². The second kappa shape index (κ2) is 12.7. The molecule has 0 radical (unpaired) electrons. The molecule has 0 aromatic heterocycles. The van der Waals surface area contributed by atoms with E-state index in [-0.39, 0.29) is 29.8 Å². The van der Waals surface area contributed by atoms with E-state index in [0.29, 0.717) is 45.2 Å². The van der Waals surface area contributed by atoms with Crippen molar-refractivity contribution in [2.75, 3.05) is 26.2 Å². The summed E-state index contributed by atoms with van der Waals surface area (Å²) in [5.41, 5.74) is 6.07. The number of piperidine rings is 1. The summed E-state index contributed by atoms with van der Waals surface area (Å²) < 4.78 is 27.8. The normalized spacial score (nSPS) is 21.2. The minimum Gasteiger partial charge on any atom is -0.368 e. The first kappa shape index (κ1) is 29.6. The van der Waals surface area contributed by atoms with E-state index in [1.807, 2.05) is 20.8 Å². The lowest BCUT2D eigenvalue weighted by Gasteiger charge is -2.35. The van der Waals surface area contributed by atoms with E-state index in [1.165, 1.54) is 9.21 Å². The molecule has 3 atom stereocenters. The topological polar surface area (TPSA) is 159 Å². The Labute approximate surface area is 224 Å². The fourth-order valence-electron chi connectivity index (χ4n) is 5.03. The van der Waals surface area contributed by atoms with Gasteiger partial charge < -0.3 is 21.3 Å². The summed E-state index contributed by atoms with van der Waals surface area (Å²) >= 11 is 0. The Hall–Kier alpha value is -2.99. The standard InChI is InChI=1S/C26H39N5O6S/c1-17(2)14-21(24(33)28-15-23(27)32)29-25(34)22-7-5-13-31(22)26(35)19-6-4-12-30(16-19)38(36,37)20-10-8-18(3)9-11-20/h8-11,17,19,21-22H,4-7,12-16H2,1-3H3,(H2,27,32)(H,28,33)(H,29,34)/t19?,21-,22?/m0/s1. The first-order valence-electron chi connectivity index (χ1n) is 13.1. The highest BCUT2D eigenvalue weighted by Gasteiger charge is 2.41. The monoisotopic (exact) mass is 549 g/mol. The van der Waals surface area contributed by atoms with Gasteiger partial charge in [-0.15, -0.1) is 0 Å². The SMILES string of the molecule is Cc1ccc(S(=O)(=O)N2CCCC(C(=O)N3CCCC3C(=O)N[C@@H](CC(C)C)C(=O)NCC(N)=O)C2)cc1. The fourth-order valence-corrected chi connectivity index (χ4v) is 6.55. The number of sulfonamides is 1. The van der Waals surface area contributed by atoms with Crippen molar-refractivity contribution >= 4 is 33.7 Å². The first-order valence-corrected chi connectivity index (χ1v) is 14.6. The fraction of sp³-hybridized carbons (Fsp3) is 0.615. The molecule has 1 aromatic carbocycles. The highest BCUT2D eigenvalue weighted by atomic mass is 32.2. The molecule has 0 spiro atoms. The van der Waals surface area contributed by atoms with Crippen molar-refractivity contribution in [3.05, 3.63) is 29.8 Å². The van der Waals surface area contributed by atoms with Crippen molar-refractivity contribution in [3.63, 3.8) is 0 Å². The Bertz CT molecular complexity index is 1140. The lowest BCUT2D eigenvalue weighted by molar-refractivity contribution is -0.143. The zero-order valence-electron chi connectivity index (χ0n) is 22.3. The third-order valence-electron chi connectivity index (χ3n) is 7.01. The van der Waals surface area contributed by atoms with E-state index in [0.717, 1.165) is 5.56 Å². The van der Waals surface area contributed by atoms with Crippen LogP contribution < -0.4 is 16.4 Å². The number of likely N-dealkylation sites (tertiary alicyclic amines) is 1. The molecule has 4 amide bonds. The van der Waals surface area contributed by atoms with Crippen molar-refractivity contribution in [1.82, 2.24) is 19.8 Å². The van der Waals surface area contributed by atoms with Gasteiger partial charge in [0.25, 0.3) is 0 Å². The van der Waals surface area contributed by atoms with Gasteiger partial charge in [0.05, 0.1) is 17.4 Å². The molecule has 2 unspecified atom stereocenters. The third-order valence-corrected chi connectivity index (χ3v) is 8.89. The molecule has 2 aliphatic heterocycles. The van der Waals surface area contributed by atoms with Gasteiger partial charge in [-0.2, -0.15) is 4.31 Å². The number of rotatable bonds is 10. The van der Waals surface area contributed by atoms with E-state index >= 15 is 0 Å². The largest absolute Gasteiger partial charge is 0.368 e.